The zero-order valence-corrected chi connectivity index (χ0v) is 10.1. The second-order valence-corrected chi connectivity index (χ2v) is 4.04. The third kappa shape index (κ3) is 2.33. The van der Waals surface area contributed by atoms with Gasteiger partial charge in [0.2, 0.25) is 0 Å². The van der Waals surface area contributed by atoms with Crippen LogP contribution in [0.25, 0.3) is 11.3 Å². The van der Waals surface area contributed by atoms with Crippen molar-refractivity contribution in [2.75, 3.05) is 0 Å². The van der Waals surface area contributed by atoms with Gasteiger partial charge < -0.3 is 4.98 Å². The van der Waals surface area contributed by atoms with Crippen molar-refractivity contribution >= 4 is 12.2 Å². The zero-order chi connectivity index (χ0) is 11.5. The number of aromatic nitrogens is 3. The Morgan fingerprint density at radius 1 is 1.38 bits per heavy atom. The monoisotopic (exact) mass is 231 g/mol. The lowest BCUT2D eigenvalue weighted by atomic mass is 10.2. The third-order valence-electron chi connectivity index (χ3n) is 2.35. The largest absolute Gasteiger partial charge is 0.343 e. The van der Waals surface area contributed by atoms with Crippen LogP contribution in [0.5, 0.6) is 0 Å². The van der Waals surface area contributed by atoms with Crippen LogP contribution in [0.4, 0.5) is 0 Å². The summed E-state index contributed by atoms with van der Waals surface area (Å²) in [6.45, 7) is 4.01. The average Bonchev–Trinajstić information content (AvgIpc) is 2.29. The molecule has 0 fully saturated rings. The number of aryl methyl sites for hydroxylation is 2. The van der Waals surface area contributed by atoms with Gasteiger partial charge in [-0.25, -0.2) is 4.98 Å². The molecule has 0 radical (unpaired) electrons. The molecule has 3 nitrogen and oxygen atoms in total. The smallest absolute Gasteiger partial charge is 0.130 e. The van der Waals surface area contributed by atoms with Crippen LogP contribution in [-0.2, 0) is 6.42 Å². The van der Waals surface area contributed by atoms with Gasteiger partial charge in [0.15, 0.2) is 0 Å². The van der Waals surface area contributed by atoms with Gasteiger partial charge in [-0.3, -0.25) is 4.98 Å². The van der Waals surface area contributed by atoms with E-state index in [0.29, 0.717) is 4.64 Å². The predicted molar refractivity (Wildman–Crippen MR) is 66.8 cm³/mol. The fraction of sp³-hybridized carbons (Fsp3) is 0.250. The molecule has 0 saturated carbocycles. The summed E-state index contributed by atoms with van der Waals surface area (Å²) in [5.74, 6) is 0.906. The van der Waals surface area contributed by atoms with Gasteiger partial charge >= 0.3 is 0 Å². The van der Waals surface area contributed by atoms with Crippen molar-refractivity contribution in [1.82, 2.24) is 15.0 Å². The van der Waals surface area contributed by atoms with Crippen molar-refractivity contribution in [2.24, 2.45) is 0 Å². The van der Waals surface area contributed by atoms with E-state index in [2.05, 4.69) is 15.0 Å². The quantitative estimate of drug-likeness (QED) is 0.808. The molecule has 0 aliphatic heterocycles. The highest BCUT2D eigenvalue weighted by molar-refractivity contribution is 7.71. The molecule has 4 heteroatoms. The molecule has 0 unspecified atom stereocenters. The maximum atomic E-state index is 5.13. The number of nitrogens with zero attached hydrogens (tertiary/aromatic N) is 2. The van der Waals surface area contributed by atoms with Crippen LogP contribution in [0.15, 0.2) is 24.4 Å². The van der Waals surface area contributed by atoms with Crippen molar-refractivity contribution < 1.29 is 0 Å². The van der Waals surface area contributed by atoms with Crippen molar-refractivity contribution in [1.29, 1.82) is 0 Å². The molecule has 0 amide bonds. The van der Waals surface area contributed by atoms with Crippen LogP contribution in [0.1, 0.15) is 18.4 Å². The Labute approximate surface area is 99.6 Å². The molecule has 0 atom stereocenters. The van der Waals surface area contributed by atoms with Gasteiger partial charge in [0.05, 0.1) is 5.69 Å². The minimum atomic E-state index is 0.617. The molecule has 0 aromatic carbocycles. The summed E-state index contributed by atoms with van der Waals surface area (Å²) >= 11 is 5.13. The number of nitrogens with one attached hydrogen (secondary N) is 1. The van der Waals surface area contributed by atoms with Crippen molar-refractivity contribution in [2.45, 2.75) is 20.3 Å². The van der Waals surface area contributed by atoms with Gasteiger partial charge in [-0.15, -0.1) is 0 Å². The molecule has 82 valence electrons. The van der Waals surface area contributed by atoms with Crippen molar-refractivity contribution in [3.8, 4) is 11.3 Å². The van der Waals surface area contributed by atoms with E-state index in [0.717, 1.165) is 29.2 Å². The van der Waals surface area contributed by atoms with Crippen LogP contribution in [0.2, 0.25) is 0 Å². The first-order chi connectivity index (χ1) is 7.69. The summed E-state index contributed by atoms with van der Waals surface area (Å²) in [5, 5.41) is 0. The average molecular weight is 231 g/mol. The van der Waals surface area contributed by atoms with Crippen LogP contribution in [0.3, 0.4) is 0 Å². The molecule has 0 bridgehead atoms. The number of aromatic amines is 1. The van der Waals surface area contributed by atoms with E-state index in [4.69, 9.17) is 12.2 Å². The Morgan fingerprint density at radius 3 is 2.81 bits per heavy atom. The molecule has 2 aromatic heterocycles. The summed E-state index contributed by atoms with van der Waals surface area (Å²) in [4.78, 5) is 11.8. The summed E-state index contributed by atoms with van der Waals surface area (Å²) in [6.07, 6.45) is 2.69. The third-order valence-corrected chi connectivity index (χ3v) is 2.56. The number of hydrogen-bond donors (Lipinski definition) is 1. The molecule has 0 spiro atoms. The van der Waals surface area contributed by atoms with Gasteiger partial charge in [0, 0.05) is 23.9 Å². The van der Waals surface area contributed by atoms with E-state index >= 15 is 0 Å². The van der Waals surface area contributed by atoms with Crippen molar-refractivity contribution in [3.63, 3.8) is 0 Å². The van der Waals surface area contributed by atoms with E-state index in [1.165, 1.54) is 0 Å². The van der Waals surface area contributed by atoms with E-state index < -0.39 is 0 Å². The Bertz CT molecular complexity index is 543. The first-order valence-corrected chi connectivity index (χ1v) is 5.63. The van der Waals surface area contributed by atoms with Crippen molar-refractivity contribution in [3.05, 3.63) is 40.6 Å². The molecular weight excluding hydrogens is 218 g/mol. The number of H-pyrrole nitrogens is 1. The highest BCUT2D eigenvalue weighted by atomic mass is 32.1. The predicted octanol–water partition coefficient (Wildman–Crippen LogP) is 3.07. The second kappa shape index (κ2) is 4.53. The van der Waals surface area contributed by atoms with Gasteiger partial charge in [-0.1, -0.05) is 19.1 Å². The SMILES string of the molecule is CCc1nc(=S)cc(-c2ccc(C)nc2)[nH]1. The molecule has 0 aliphatic rings. The van der Waals surface area contributed by atoms with Gasteiger partial charge in [0.1, 0.15) is 10.5 Å². The standard InChI is InChI=1S/C12H13N3S/c1-3-11-14-10(6-12(16)15-11)9-5-4-8(2)13-7-9/h4-7H,3H2,1-2H3,(H,14,15,16). The lowest BCUT2D eigenvalue weighted by Crippen LogP contribution is -1.95. The van der Waals surface area contributed by atoms with E-state index in [-0.39, 0.29) is 0 Å². The Kier molecular flexibility index (Phi) is 3.10. The molecule has 2 rings (SSSR count). The normalized spacial score (nSPS) is 10.4. The molecular formula is C12H13N3S. The highest BCUT2D eigenvalue weighted by Crippen LogP contribution is 2.16. The first-order valence-electron chi connectivity index (χ1n) is 5.22. The summed E-state index contributed by atoms with van der Waals surface area (Å²) < 4.78 is 0.617. The van der Waals surface area contributed by atoms with E-state index in [1.807, 2.05) is 38.2 Å². The van der Waals surface area contributed by atoms with Crippen LogP contribution in [-0.4, -0.2) is 15.0 Å². The molecule has 0 aliphatic carbocycles. The van der Waals surface area contributed by atoms with Crippen LogP contribution >= 0.6 is 12.2 Å². The summed E-state index contributed by atoms with van der Waals surface area (Å²) in [5.41, 5.74) is 3.02. The fourth-order valence-electron chi connectivity index (χ4n) is 1.46. The first kappa shape index (κ1) is 11.0. The van der Waals surface area contributed by atoms with Gasteiger partial charge in [0.25, 0.3) is 0 Å². The Hall–Kier alpha value is -1.55. The number of rotatable bonds is 2. The highest BCUT2D eigenvalue weighted by Gasteiger charge is 2.01. The zero-order valence-electron chi connectivity index (χ0n) is 9.32. The van der Waals surface area contributed by atoms with E-state index in [9.17, 15) is 0 Å². The molecule has 0 saturated heterocycles. The minimum Gasteiger partial charge on any atom is -0.343 e. The van der Waals surface area contributed by atoms with Gasteiger partial charge in [-0.05, 0) is 25.1 Å². The van der Waals surface area contributed by atoms with E-state index in [1.54, 1.807) is 0 Å². The number of pyridine rings is 1. The van der Waals surface area contributed by atoms with Gasteiger partial charge in [-0.2, -0.15) is 0 Å². The van der Waals surface area contributed by atoms with Crippen LogP contribution < -0.4 is 0 Å². The molecule has 1 N–H and O–H groups in total. The molecule has 2 heterocycles. The topological polar surface area (TPSA) is 41.6 Å². The summed E-state index contributed by atoms with van der Waals surface area (Å²) in [6, 6.07) is 5.88. The second-order valence-electron chi connectivity index (χ2n) is 3.62. The maximum absolute atomic E-state index is 5.13. The Morgan fingerprint density at radius 2 is 2.19 bits per heavy atom. The fourth-order valence-corrected chi connectivity index (χ4v) is 1.69. The Balaban J connectivity index is 2.51. The lowest BCUT2D eigenvalue weighted by molar-refractivity contribution is 0.936. The maximum Gasteiger partial charge on any atom is 0.130 e. The number of hydrogen-bond acceptors (Lipinski definition) is 3. The molecule has 16 heavy (non-hydrogen) atoms. The lowest BCUT2D eigenvalue weighted by Gasteiger charge is -2.04. The summed E-state index contributed by atoms with van der Waals surface area (Å²) in [7, 11) is 0. The van der Waals surface area contributed by atoms with Crippen LogP contribution in [0, 0.1) is 11.6 Å². The molecule has 2 aromatic rings. The minimum absolute atomic E-state index is 0.617.